The molecule has 0 fully saturated rings. The van der Waals surface area contributed by atoms with E-state index in [0.29, 0.717) is 4.68 Å². The number of hydrogen-bond acceptors (Lipinski definition) is 4. The van der Waals surface area contributed by atoms with Gasteiger partial charge in [0.1, 0.15) is 5.56 Å². The SMILES string of the molecule is Cn1nc(C(F)(F)F)c(C(=O)COc2c(Cl)cc(Cl)cc2Cl)c1O. The van der Waals surface area contributed by atoms with Crippen molar-refractivity contribution >= 4 is 40.6 Å². The second kappa shape index (κ2) is 6.70. The molecule has 0 aliphatic rings. The lowest BCUT2D eigenvalue weighted by atomic mass is 10.1. The first-order valence-corrected chi connectivity index (χ1v) is 7.29. The molecule has 5 nitrogen and oxygen atoms in total. The molecule has 0 radical (unpaired) electrons. The molecule has 130 valence electrons. The maximum Gasteiger partial charge on any atom is 0.436 e. The van der Waals surface area contributed by atoms with Gasteiger partial charge in [0.05, 0.1) is 10.0 Å². The van der Waals surface area contributed by atoms with Crippen LogP contribution in [-0.4, -0.2) is 27.3 Å². The summed E-state index contributed by atoms with van der Waals surface area (Å²) in [6.45, 7) is -0.844. The lowest BCUT2D eigenvalue weighted by Crippen LogP contribution is -2.17. The number of rotatable bonds is 4. The standard InChI is InChI=1S/C13H8Cl3F3N2O3/c1-21-12(23)9(11(20-21)13(17,18)19)8(22)4-24-10-6(15)2-5(14)3-7(10)16/h2-3,23H,4H2,1H3. The number of ether oxygens (including phenoxy) is 1. The van der Waals surface area contributed by atoms with Crippen molar-refractivity contribution in [2.24, 2.45) is 7.05 Å². The number of aromatic hydroxyl groups is 1. The van der Waals surface area contributed by atoms with Gasteiger partial charge < -0.3 is 9.84 Å². The summed E-state index contributed by atoms with van der Waals surface area (Å²) in [7, 11) is 1.06. The minimum absolute atomic E-state index is 0.0215. The van der Waals surface area contributed by atoms with Gasteiger partial charge in [-0.2, -0.15) is 18.3 Å². The van der Waals surface area contributed by atoms with Crippen molar-refractivity contribution < 1.29 is 27.8 Å². The van der Waals surface area contributed by atoms with Crippen LogP contribution in [0.5, 0.6) is 11.6 Å². The smallest absolute Gasteiger partial charge is 0.436 e. The second-order valence-electron chi connectivity index (χ2n) is 4.58. The molecule has 0 saturated heterocycles. The van der Waals surface area contributed by atoms with E-state index in [1.54, 1.807) is 0 Å². The minimum atomic E-state index is -4.92. The number of carbonyl (C=O) groups is 1. The minimum Gasteiger partial charge on any atom is -0.493 e. The van der Waals surface area contributed by atoms with Crippen LogP contribution < -0.4 is 4.74 Å². The maximum atomic E-state index is 12.9. The molecule has 0 aliphatic carbocycles. The molecule has 1 heterocycles. The number of ketones is 1. The summed E-state index contributed by atoms with van der Waals surface area (Å²) in [5.74, 6) is -2.19. The summed E-state index contributed by atoms with van der Waals surface area (Å²) < 4.78 is 44.3. The first kappa shape index (κ1) is 18.7. The Labute approximate surface area is 148 Å². The highest BCUT2D eigenvalue weighted by molar-refractivity contribution is 6.40. The fourth-order valence-corrected chi connectivity index (χ4v) is 2.77. The van der Waals surface area contributed by atoms with E-state index in [1.165, 1.54) is 12.1 Å². The highest BCUT2D eigenvalue weighted by atomic mass is 35.5. The van der Waals surface area contributed by atoms with Crippen LogP contribution in [0, 0.1) is 0 Å². The topological polar surface area (TPSA) is 64.4 Å². The number of halogens is 6. The summed E-state index contributed by atoms with van der Waals surface area (Å²) in [5, 5.41) is 12.9. The zero-order valence-electron chi connectivity index (χ0n) is 11.8. The zero-order valence-corrected chi connectivity index (χ0v) is 14.1. The van der Waals surface area contributed by atoms with E-state index >= 15 is 0 Å². The molecule has 1 N–H and O–H groups in total. The number of nitrogens with zero attached hydrogens (tertiary/aromatic N) is 2. The Morgan fingerprint density at radius 2 is 1.83 bits per heavy atom. The van der Waals surface area contributed by atoms with Crippen LogP contribution in [0.1, 0.15) is 16.1 Å². The number of hydrogen-bond donors (Lipinski definition) is 1. The van der Waals surface area contributed by atoms with Crippen LogP contribution in [0.4, 0.5) is 13.2 Å². The zero-order chi connectivity index (χ0) is 18.2. The van der Waals surface area contributed by atoms with E-state index in [0.717, 1.165) is 7.05 Å². The van der Waals surface area contributed by atoms with Crippen molar-refractivity contribution in [2.75, 3.05) is 6.61 Å². The fraction of sp³-hybridized carbons (Fsp3) is 0.231. The molecule has 2 rings (SSSR count). The Morgan fingerprint density at radius 3 is 2.33 bits per heavy atom. The quantitative estimate of drug-likeness (QED) is 0.770. The van der Waals surface area contributed by atoms with Crippen molar-refractivity contribution in [3.8, 4) is 11.6 Å². The van der Waals surface area contributed by atoms with Crippen LogP contribution >= 0.6 is 34.8 Å². The van der Waals surface area contributed by atoms with Gasteiger partial charge in [0.25, 0.3) is 0 Å². The molecule has 2 aromatic rings. The number of carbonyl (C=O) groups excluding carboxylic acids is 1. The summed E-state index contributed by atoms with van der Waals surface area (Å²) in [5.41, 5.74) is -2.50. The van der Waals surface area contributed by atoms with Crippen LogP contribution in [0.2, 0.25) is 15.1 Å². The Morgan fingerprint density at radius 1 is 1.29 bits per heavy atom. The van der Waals surface area contributed by atoms with Crippen molar-refractivity contribution in [3.05, 3.63) is 38.5 Å². The van der Waals surface area contributed by atoms with Gasteiger partial charge in [0, 0.05) is 12.1 Å². The molecule has 0 atom stereocenters. The van der Waals surface area contributed by atoms with E-state index in [1.807, 2.05) is 0 Å². The van der Waals surface area contributed by atoms with Crippen LogP contribution in [-0.2, 0) is 13.2 Å². The molecule has 0 aliphatic heterocycles. The predicted molar refractivity (Wildman–Crippen MR) is 81.2 cm³/mol. The Kier molecular flexibility index (Phi) is 5.22. The summed E-state index contributed by atoms with van der Waals surface area (Å²) in [6, 6.07) is 2.58. The largest absolute Gasteiger partial charge is 0.493 e. The van der Waals surface area contributed by atoms with Gasteiger partial charge in [-0.25, -0.2) is 4.68 Å². The average molecular weight is 404 g/mol. The lowest BCUT2D eigenvalue weighted by Gasteiger charge is -2.10. The van der Waals surface area contributed by atoms with Gasteiger partial charge in [0.2, 0.25) is 11.7 Å². The van der Waals surface area contributed by atoms with Gasteiger partial charge in [-0.05, 0) is 12.1 Å². The highest BCUT2D eigenvalue weighted by Gasteiger charge is 2.41. The van der Waals surface area contributed by atoms with Crippen molar-refractivity contribution in [1.29, 1.82) is 0 Å². The fourth-order valence-electron chi connectivity index (χ4n) is 1.85. The number of Topliss-reactive ketones (excluding diaryl/α,β-unsaturated/α-hetero) is 1. The molecular formula is C13H8Cl3F3N2O3. The molecule has 11 heteroatoms. The molecule has 0 bridgehead atoms. The van der Waals surface area contributed by atoms with Crippen molar-refractivity contribution in [2.45, 2.75) is 6.18 Å². The lowest BCUT2D eigenvalue weighted by molar-refractivity contribution is -0.141. The van der Waals surface area contributed by atoms with Crippen molar-refractivity contribution in [1.82, 2.24) is 9.78 Å². The number of alkyl halides is 3. The molecule has 1 aromatic carbocycles. The van der Waals surface area contributed by atoms with Gasteiger partial charge in [-0.3, -0.25) is 4.79 Å². The van der Waals surface area contributed by atoms with E-state index in [-0.39, 0.29) is 20.8 Å². The first-order chi connectivity index (χ1) is 11.0. The van der Waals surface area contributed by atoms with Gasteiger partial charge in [-0.1, -0.05) is 34.8 Å². The Bertz CT molecular complexity index is 783. The number of aryl methyl sites for hydroxylation is 1. The summed E-state index contributed by atoms with van der Waals surface area (Å²) in [4.78, 5) is 12.1. The summed E-state index contributed by atoms with van der Waals surface area (Å²) in [6.07, 6.45) is -4.92. The van der Waals surface area contributed by atoms with E-state index < -0.39 is 35.7 Å². The summed E-state index contributed by atoms with van der Waals surface area (Å²) >= 11 is 17.4. The van der Waals surface area contributed by atoms with E-state index in [4.69, 9.17) is 39.5 Å². The van der Waals surface area contributed by atoms with E-state index in [2.05, 4.69) is 5.10 Å². The van der Waals surface area contributed by atoms with Gasteiger partial charge >= 0.3 is 6.18 Å². The molecule has 24 heavy (non-hydrogen) atoms. The Hall–Kier alpha value is -1.64. The molecule has 0 spiro atoms. The number of benzene rings is 1. The third kappa shape index (κ3) is 3.71. The van der Waals surface area contributed by atoms with Crippen LogP contribution in [0.3, 0.4) is 0 Å². The van der Waals surface area contributed by atoms with Gasteiger partial charge in [0.15, 0.2) is 18.1 Å². The molecule has 1 aromatic heterocycles. The van der Waals surface area contributed by atoms with Gasteiger partial charge in [-0.15, -0.1) is 0 Å². The maximum absolute atomic E-state index is 12.9. The monoisotopic (exact) mass is 402 g/mol. The third-order valence-corrected chi connectivity index (χ3v) is 3.65. The second-order valence-corrected chi connectivity index (χ2v) is 5.83. The molecule has 0 saturated carbocycles. The molecule has 0 amide bonds. The van der Waals surface area contributed by atoms with Crippen LogP contribution in [0.15, 0.2) is 12.1 Å². The predicted octanol–water partition coefficient (Wildman–Crippen LogP) is 4.37. The van der Waals surface area contributed by atoms with Crippen LogP contribution in [0.25, 0.3) is 0 Å². The molecule has 0 unspecified atom stereocenters. The normalized spacial score (nSPS) is 11.6. The highest BCUT2D eigenvalue weighted by Crippen LogP contribution is 2.37. The molecular weight excluding hydrogens is 396 g/mol. The number of aromatic nitrogens is 2. The first-order valence-electron chi connectivity index (χ1n) is 6.16. The average Bonchev–Trinajstić information content (AvgIpc) is 2.73. The van der Waals surface area contributed by atoms with E-state index in [9.17, 15) is 23.1 Å². The Balaban J connectivity index is 2.29. The third-order valence-electron chi connectivity index (χ3n) is 2.87. The van der Waals surface area contributed by atoms with Crippen molar-refractivity contribution in [3.63, 3.8) is 0 Å².